The Kier molecular flexibility index (Phi) is 6.02. The minimum Gasteiger partial charge on any atom is -0.478 e. The largest absolute Gasteiger partial charge is 0.478 e. The van der Waals surface area contributed by atoms with Crippen LogP contribution in [0.5, 0.6) is 0 Å². The summed E-state index contributed by atoms with van der Waals surface area (Å²) in [5.74, 6) is -1.07. The number of benzene rings is 1. The highest BCUT2D eigenvalue weighted by molar-refractivity contribution is 5.87. The molecule has 0 aliphatic carbocycles. The van der Waals surface area contributed by atoms with Gasteiger partial charge in [0.25, 0.3) is 0 Å². The van der Waals surface area contributed by atoms with Gasteiger partial charge in [-0.15, -0.1) is 0 Å². The molecule has 0 bridgehead atoms. The maximum atomic E-state index is 11.6. The summed E-state index contributed by atoms with van der Waals surface area (Å²) in [4.78, 5) is 22.2. The molecule has 0 unspecified atom stereocenters. The number of carboxylic acids is 1. The maximum absolute atomic E-state index is 11.6. The first-order chi connectivity index (χ1) is 9.04. The Morgan fingerprint density at radius 3 is 2.47 bits per heavy atom. The highest BCUT2D eigenvalue weighted by atomic mass is 16.4. The van der Waals surface area contributed by atoms with Gasteiger partial charge in [-0.3, -0.25) is 4.79 Å². The van der Waals surface area contributed by atoms with Crippen molar-refractivity contribution in [1.29, 1.82) is 0 Å². The molecule has 1 atom stereocenters. The van der Waals surface area contributed by atoms with Crippen LogP contribution >= 0.6 is 0 Å². The van der Waals surface area contributed by atoms with Gasteiger partial charge < -0.3 is 16.2 Å². The Hall–Kier alpha value is -1.88. The molecule has 0 heterocycles. The summed E-state index contributed by atoms with van der Waals surface area (Å²) >= 11 is 0. The lowest BCUT2D eigenvalue weighted by atomic mass is 10.1. The number of carboxylic acid groups (broad SMARTS) is 1. The van der Waals surface area contributed by atoms with Gasteiger partial charge in [0, 0.05) is 6.54 Å². The summed E-state index contributed by atoms with van der Waals surface area (Å²) in [6, 6.07) is 6.17. The molecule has 0 radical (unpaired) electrons. The molecular weight excluding hydrogens is 244 g/mol. The summed E-state index contributed by atoms with van der Waals surface area (Å²) in [5.41, 5.74) is 6.93. The molecule has 0 spiro atoms. The Morgan fingerprint density at radius 2 is 1.95 bits per heavy atom. The van der Waals surface area contributed by atoms with Gasteiger partial charge in [-0.05, 0) is 30.5 Å². The van der Waals surface area contributed by atoms with E-state index in [1.807, 2.05) is 6.92 Å². The first kappa shape index (κ1) is 15.2. The van der Waals surface area contributed by atoms with Crippen molar-refractivity contribution >= 4 is 11.9 Å². The van der Waals surface area contributed by atoms with Crippen molar-refractivity contribution in [3.63, 3.8) is 0 Å². The van der Waals surface area contributed by atoms with E-state index in [0.717, 1.165) is 12.0 Å². The smallest absolute Gasteiger partial charge is 0.335 e. The zero-order valence-corrected chi connectivity index (χ0v) is 11.1. The molecule has 4 N–H and O–H groups in total. The number of hydrogen-bond donors (Lipinski definition) is 3. The van der Waals surface area contributed by atoms with Crippen LogP contribution in [0.3, 0.4) is 0 Å². The zero-order valence-electron chi connectivity index (χ0n) is 11.1. The van der Waals surface area contributed by atoms with Crippen molar-refractivity contribution in [3.05, 3.63) is 35.4 Å². The van der Waals surface area contributed by atoms with Gasteiger partial charge in [-0.25, -0.2) is 4.79 Å². The number of hydrogen-bond acceptors (Lipinski definition) is 3. The van der Waals surface area contributed by atoms with E-state index in [-0.39, 0.29) is 11.5 Å². The van der Waals surface area contributed by atoms with Crippen LogP contribution in [0.1, 0.15) is 35.7 Å². The third-order valence-corrected chi connectivity index (χ3v) is 2.85. The first-order valence-electron chi connectivity index (χ1n) is 6.40. The molecule has 0 saturated heterocycles. The van der Waals surface area contributed by atoms with Crippen molar-refractivity contribution in [2.75, 3.05) is 6.54 Å². The summed E-state index contributed by atoms with van der Waals surface area (Å²) in [6.45, 7) is 2.49. The van der Waals surface area contributed by atoms with Gasteiger partial charge in [-0.2, -0.15) is 0 Å². The van der Waals surface area contributed by atoms with Crippen LogP contribution in [-0.2, 0) is 11.2 Å². The van der Waals surface area contributed by atoms with Gasteiger partial charge in [-0.1, -0.05) is 25.5 Å². The second-order valence-electron chi connectivity index (χ2n) is 4.44. The van der Waals surface area contributed by atoms with E-state index in [9.17, 15) is 9.59 Å². The average Bonchev–Trinajstić information content (AvgIpc) is 2.39. The quantitative estimate of drug-likeness (QED) is 0.689. The standard InChI is InChI=1S/C14H20N2O3/c1-2-3-12(15)13(17)16-9-8-10-4-6-11(7-5-10)14(18)19/h4-7,12H,2-3,8-9,15H2,1H3,(H,16,17)(H,18,19)/t12-/m0/s1. The van der Waals surface area contributed by atoms with Crippen LogP contribution in [0.15, 0.2) is 24.3 Å². The molecule has 1 rings (SSSR count). The van der Waals surface area contributed by atoms with E-state index in [1.54, 1.807) is 24.3 Å². The van der Waals surface area contributed by atoms with Gasteiger partial charge >= 0.3 is 5.97 Å². The molecule has 104 valence electrons. The normalized spacial score (nSPS) is 11.9. The summed E-state index contributed by atoms with van der Waals surface area (Å²) < 4.78 is 0. The second kappa shape index (κ2) is 7.53. The lowest BCUT2D eigenvalue weighted by molar-refractivity contribution is -0.122. The third-order valence-electron chi connectivity index (χ3n) is 2.85. The fourth-order valence-corrected chi connectivity index (χ4v) is 1.72. The Bertz CT molecular complexity index is 429. The SMILES string of the molecule is CCC[C@H](N)C(=O)NCCc1ccc(C(=O)O)cc1. The molecule has 5 nitrogen and oxygen atoms in total. The predicted octanol–water partition coefficient (Wildman–Crippen LogP) is 1.17. The van der Waals surface area contributed by atoms with Crippen molar-refractivity contribution < 1.29 is 14.7 Å². The van der Waals surface area contributed by atoms with Crippen LogP contribution < -0.4 is 11.1 Å². The average molecular weight is 264 g/mol. The predicted molar refractivity (Wildman–Crippen MR) is 73.0 cm³/mol. The highest BCUT2D eigenvalue weighted by Gasteiger charge is 2.11. The van der Waals surface area contributed by atoms with Crippen LogP contribution in [0.25, 0.3) is 0 Å². The number of nitrogens with two attached hydrogens (primary N) is 1. The molecule has 19 heavy (non-hydrogen) atoms. The van der Waals surface area contributed by atoms with Crippen LogP contribution in [-0.4, -0.2) is 29.6 Å². The Labute approximate surface area is 112 Å². The molecule has 5 heteroatoms. The fourth-order valence-electron chi connectivity index (χ4n) is 1.72. The molecule has 1 aromatic carbocycles. The molecule has 0 saturated carbocycles. The van der Waals surface area contributed by atoms with Gasteiger partial charge in [0.1, 0.15) is 0 Å². The molecule has 1 aromatic rings. The number of nitrogens with one attached hydrogen (secondary N) is 1. The number of amides is 1. The molecule has 0 aromatic heterocycles. The van der Waals surface area contributed by atoms with Crippen LogP contribution in [0.4, 0.5) is 0 Å². The van der Waals surface area contributed by atoms with Gasteiger partial charge in [0.15, 0.2) is 0 Å². The fraction of sp³-hybridized carbons (Fsp3) is 0.429. The molecule has 0 fully saturated rings. The van der Waals surface area contributed by atoms with Gasteiger partial charge in [0.05, 0.1) is 11.6 Å². The molecule has 0 aliphatic heterocycles. The maximum Gasteiger partial charge on any atom is 0.335 e. The topological polar surface area (TPSA) is 92.4 Å². The lowest BCUT2D eigenvalue weighted by Crippen LogP contribution is -2.41. The molecule has 1 amide bonds. The van der Waals surface area contributed by atoms with E-state index in [0.29, 0.717) is 19.4 Å². The minimum atomic E-state index is -0.939. The van der Waals surface area contributed by atoms with E-state index in [4.69, 9.17) is 10.8 Å². The van der Waals surface area contributed by atoms with Gasteiger partial charge in [0.2, 0.25) is 5.91 Å². The van der Waals surface area contributed by atoms with E-state index >= 15 is 0 Å². The van der Waals surface area contributed by atoms with Crippen molar-refractivity contribution in [1.82, 2.24) is 5.32 Å². The summed E-state index contributed by atoms with van der Waals surface area (Å²) in [7, 11) is 0. The number of rotatable bonds is 7. The van der Waals surface area contributed by atoms with Crippen LogP contribution in [0, 0.1) is 0 Å². The van der Waals surface area contributed by atoms with Crippen molar-refractivity contribution in [3.8, 4) is 0 Å². The summed E-state index contributed by atoms with van der Waals surface area (Å²) in [5, 5.41) is 11.5. The van der Waals surface area contributed by atoms with E-state index < -0.39 is 12.0 Å². The van der Waals surface area contributed by atoms with E-state index in [2.05, 4.69) is 5.32 Å². The van der Waals surface area contributed by atoms with Crippen molar-refractivity contribution in [2.45, 2.75) is 32.2 Å². The second-order valence-corrected chi connectivity index (χ2v) is 4.44. The summed E-state index contributed by atoms with van der Waals surface area (Å²) in [6.07, 6.45) is 2.22. The Morgan fingerprint density at radius 1 is 1.32 bits per heavy atom. The molecule has 0 aliphatic rings. The zero-order chi connectivity index (χ0) is 14.3. The Balaban J connectivity index is 2.37. The minimum absolute atomic E-state index is 0.135. The number of aromatic carboxylic acids is 1. The monoisotopic (exact) mass is 264 g/mol. The van der Waals surface area contributed by atoms with Crippen molar-refractivity contribution in [2.24, 2.45) is 5.73 Å². The number of carbonyl (C=O) groups excluding carboxylic acids is 1. The van der Waals surface area contributed by atoms with E-state index in [1.165, 1.54) is 0 Å². The number of carbonyl (C=O) groups is 2. The first-order valence-corrected chi connectivity index (χ1v) is 6.40. The molecular formula is C14H20N2O3. The third kappa shape index (κ3) is 5.09. The highest BCUT2D eigenvalue weighted by Crippen LogP contribution is 2.04. The lowest BCUT2D eigenvalue weighted by Gasteiger charge is -2.11. The van der Waals surface area contributed by atoms with Crippen LogP contribution in [0.2, 0.25) is 0 Å².